The van der Waals surface area contributed by atoms with Crippen molar-refractivity contribution in [3.8, 4) is 5.75 Å². The van der Waals surface area contributed by atoms with E-state index in [1.165, 1.54) is 0 Å². The Morgan fingerprint density at radius 3 is 2.55 bits per heavy atom. The van der Waals surface area contributed by atoms with Gasteiger partial charge < -0.3 is 25.2 Å². The van der Waals surface area contributed by atoms with Gasteiger partial charge in [0.1, 0.15) is 12.4 Å². The van der Waals surface area contributed by atoms with Gasteiger partial charge in [0.2, 0.25) is 0 Å². The van der Waals surface area contributed by atoms with Gasteiger partial charge in [-0.05, 0) is 48.4 Å². The van der Waals surface area contributed by atoms with Crippen molar-refractivity contribution in [2.75, 3.05) is 33.4 Å². The van der Waals surface area contributed by atoms with Crippen LogP contribution in [0, 0.1) is 0 Å². The number of benzene rings is 2. The number of hydrogen-bond acceptors (Lipinski definition) is 4. The van der Waals surface area contributed by atoms with E-state index in [9.17, 15) is 5.11 Å². The zero-order valence-electron chi connectivity index (χ0n) is 16.6. The molecule has 0 aromatic heterocycles. The molecule has 0 radical (unpaired) electrons. The summed E-state index contributed by atoms with van der Waals surface area (Å²) in [5, 5.41) is 17.7. The molecular formula is C21H27Cl2N3O3. The molecule has 3 N–H and O–H groups in total. The Morgan fingerprint density at radius 2 is 1.86 bits per heavy atom. The Labute approximate surface area is 181 Å². The van der Waals surface area contributed by atoms with E-state index in [-0.39, 0.29) is 6.54 Å². The number of aliphatic imine (C=N–C) groups is 1. The van der Waals surface area contributed by atoms with Crippen molar-refractivity contribution in [1.29, 1.82) is 0 Å². The Morgan fingerprint density at radius 1 is 1.10 bits per heavy atom. The number of ether oxygens (including phenoxy) is 2. The van der Waals surface area contributed by atoms with E-state index < -0.39 is 6.10 Å². The highest BCUT2D eigenvalue weighted by molar-refractivity contribution is 6.34. The third-order valence-corrected chi connectivity index (χ3v) is 4.39. The summed E-state index contributed by atoms with van der Waals surface area (Å²) in [6.45, 7) is 4.45. The molecule has 158 valence electrons. The maximum Gasteiger partial charge on any atom is 0.191 e. The highest BCUT2D eigenvalue weighted by Crippen LogP contribution is 2.23. The smallest absolute Gasteiger partial charge is 0.191 e. The molecule has 0 amide bonds. The Bertz CT molecular complexity index is 782. The molecule has 0 bridgehead atoms. The molecule has 8 heteroatoms. The van der Waals surface area contributed by atoms with Crippen molar-refractivity contribution in [2.24, 2.45) is 4.99 Å². The number of methoxy groups -OCH3 is 1. The number of aliphatic hydroxyl groups excluding tert-OH is 1. The summed E-state index contributed by atoms with van der Waals surface area (Å²) in [4.78, 5) is 4.57. The molecule has 2 rings (SSSR count). The molecule has 29 heavy (non-hydrogen) atoms. The van der Waals surface area contributed by atoms with E-state index in [0.29, 0.717) is 47.9 Å². The average molecular weight is 440 g/mol. The first-order valence-electron chi connectivity index (χ1n) is 9.38. The van der Waals surface area contributed by atoms with Gasteiger partial charge in [-0.3, -0.25) is 0 Å². The predicted octanol–water partition coefficient (Wildman–Crippen LogP) is 3.81. The van der Waals surface area contributed by atoms with Crippen molar-refractivity contribution < 1.29 is 14.6 Å². The number of guanidine groups is 1. The lowest BCUT2D eigenvalue weighted by atomic mass is 10.1. The van der Waals surface area contributed by atoms with Crippen LogP contribution in [0.2, 0.25) is 10.0 Å². The Kier molecular flexibility index (Phi) is 10.1. The van der Waals surface area contributed by atoms with E-state index in [1.807, 2.05) is 31.2 Å². The summed E-state index contributed by atoms with van der Waals surface area (Å²) in [6, 6.07) is 12.8. The number of aliphatic hydroxyl groups is 1. The highest BCUT2D eigenvalue weighted by Gasteiger charge is 2.10. The fourth-order valence-corrected chi connectivity index (χ4v) is 3.11. The first kappa shape index (κ1) is 23.3. The van der Waals surface area contributed by atoms with Gasteiger partial charge >= 0.3 is 0 Å². The van der Waals surface area contributed by atoms with E-state index in [1.54, 1.807) is 25.3 Å². The minimum atomic E-state index is -0.771. The molecule has 0 fully saturated rings. The van der Waals surface area contributed by atoms with Crippen molar-refractivity contribution in [3.05, 3.63) is 63.6 Å². The maximum atomic E-state index is 10.4. The van der Waals surface area contributed by atoms with Crippen molar-refractivity contribution in [1.82, 2.24) is 10.6 Å². The lowest BCUT2D eigenvalue weighted by molar-refractivity contribution is 0.146. The largest absolute Gasteiger partial charge is 0.491 e. The van der Waals surface area contributed by atoms with E-state index in [4.69, 9.17) is 32.7 Å². The van der Waals surface area contributed by atoms with E-state index in [0.717, 1.165) is 11.3 Å². The monoisotopic (exact) mass is 439 g/mol. The van der Waals surface area contributed by atoms with Crippen LogP contribution in [0.4, 0.5) is 0 Å². The van der Waals surface area contributed by atoms with Crippen LogP contribution in [0.1, 0.15) is 24.2 Å². The topological polar surface area (TPSA) is 75.1 Å². The minimum absolute atomic E-state index is 0.267. The van der Waals surface area contributed by atoms with Gasteiger partial charge in [-0.2, -0.15) is 0 Å². The molecule has 0 aliphatic heterocycles. The van der Waals surface area contributed by atoms with Crippen LogP contribution in [0.25, 0.3) is 0 Å². The predicted molar refractivity (Wildman–Crippen MR) is 118 cm³/mol. The average Bonchev–Trinajstić information content (AvgIpc) is 2.69. The van der Waals surface area contributed by atoms with Crippen LogP contribution in [0.3, 0.4) is 0 Å². The maximum absolute atomic E-state index is 10.4. The molecule has 0 spiro atoms. The fraction of sp³-hybridized carbons (Fsp3) is 0.381. The van der Waals surface area contributed by atoms with Gasteiger partial charge in [0.15, 0.2) is 5.96 Å². The standard InChI is InChI=1S/C21H27Cl2N3O3/c1-3-24-21(26-14-20(27)16-10-17(22)12-18(23)11-16)25-13-15-5-4-6-19(9-15)29-8-7-28-2/h4-6,9-12,20,27H,3,7-8,13-14H2,1-2H3,(H2,24,25,26). The van der Waals surface area contributed by atoms with Crippen molar-refractivity contribution in [3.63, 3.8) is 0 Å². The molecular weight excluding hydrogens is 413 g/mol. The van der Waals surface area contributed by atoms with Gasteiger partial charge in [0, 0.05) is 30.2 Å². The number of halogens is 2. The SMILES string of the molecule is CCNC(=NCc1cccc(OCCOC)c1)NCC(O)c1cc(Cl)cc(Cl)c1. The molecule has 2 aromatic rings. The third kappa shape index (κ3) is 8.50. The Balaban J connectivity index is 1.96. The zero-order chi connectivity index (χ0) is 21.1. The van der Waals surface area contributed by atoms with Gasteiger partial charge in [-0.15, -0.1) is 0 Å². The van der Waals surface area contributed by atoms with Gasteiger partial charge in [-0.25, -0.2) is 4.99 Å². The normalized spacial score (nSPS) is 12.5. The summed E-state index contributed by atoms with van der Waals surface area (Å²) in [7, 11) is 1.64. The summed E-state index contributed by atoms with van der Waals surface area (Å²) >= 11 is 12.0. The van der Waals surface area contributed by atoms with Crippen molar-refractivity contribution in [2.45, 2.75) is 19.6 Å². The summed E-state index contributed by atoms with van der Waals surface area (Å²) < 4.78 is 10.6. The van der Waals surface area contributed by atoms with Crippen LogP contribution in [0.15, 0.2) is 47.5 Å². The Hall–Kier alpha value is -1.99. The number of nitrogens with one attached hydrogen (secondary N) is 2. The van der Waals surface area contributed by atoms with Crippen LogP contribution >= 0.6 is 23.2 Å². The first-order chi connectivity index (χ1) is 14.0. The van der Waals surface area contributed by atoms with E-state index in [2.05, 4.69) is 15.6 Å². The molecule has 6 nitrogen and oxygen atoms in total. The second-order valence-corrected chi connectivity index (χ2v) is 7.16. The molecule has 0 saturated heterocycles. The summed E-state index contributed by atoms with van der Waals surface area (Å²) in [5.74, 6) is 1.38. The second kappa shape index (κ2) is 12.5. The molecule has 1 atom stereocenters. The lowest BCUT2D eigenvalue weighted by Gasteiger charge is -2.16. The van der Waals surface area contributed by atoms with Gasteiger partial charge in [-0.1, -0.05) is 35.3 Å². The fourth-order valence-electron chi connectivity index (χ4n) is 2.57. The molecule has 0 heterocycles. The number of hydrogen-bond donors (Lipinski definition) is 3. The third-order valence-electron chi connectivity index (χ3n) is 3.95. The summed E-state index contributed by atoms with van der Waals surface area (Å²) in [6.07, 6.45) is -0.771. The number of rotatable bonds is 10. The molecule has 1 unspecified atom stereocenters. The van der Waals surface area contributed by atoms with Crippen molar-refractivity contribution >= 4 is 29.2 Å². The van der Waals surface area contributed by atoms with Crippen LogP contribution in [0.5, 0.6) is 5.75 Å². The van der Waals surface area contributed by atoms with E-state index >= 15 is 0 Å². The zero-order valence-corrected chi connectivity index (χ0v) is 18.1. The summed E-state index contributed by atoms with van der Waals surface area (Å²) in [5.41, 5.74) is 1.66. The minimum Gasteiger partial charge on any atom is -0.491 e. The van der Waals surface area contributed by atoms with Crippen LogP contribution in [-0.4, -0.2) is 44.5 Å². The van der Waals surface area contributed by atoms with Gasteiger partial charge in [0.25, 0.3) is 0 Å². The lowest BCUT2D eigenvalue weighted by Crippen LogP contribution is -2.39. The van der Waals surface area contributed by atoms with Gasteiger partial charge in [0.05, 0.1) is 19.3 Å². The molecule has 2 aromatic carbocycles. The first-order valence-corrected chi connectivity index (χ1v) is 10.1. The van der Waals surface area contributed by atoms with Crippen LogP contribution < -0.4 is 15.4 Å². The molecule has 0 saturated carbocycles. The van der Waals surface area contributed by atoms with Crippen LogP contribution in [-0.2, 0) is 11.3 Å². The molecule has 0 aliphatic carbocycles. The second-order valence-electron chi connectivity index (χ2n) is 6.28. The quantitative estimate of drug-likeness (QED) is 0.298. The highest BCUT2D eigenvalue weighted by atomic mass is 35.5. The number of nitrogens with zero attached hydrogens (tertiary/aromatic N) is 1. The molecule has 0 aliphatic rings.